The van der Waals surface area contributed by atoms with Gasteiger partial charge in [0, 0.05) is 6.42 Å². The normalized spacial score (nSPS) is 9.12. The summed E-state index contributed by atoms with van der Waals surface area (Å²) in [6.07, 6.45) is 1.83. The number of hydrogen-bond acceptors (Lipinski definition) is 2. The smallest absolute Gasteiger partial charge is 0.335 e. The van der Waals surface area contributed by atoms with Gasteiger partial charge >= 0.3 is 5.97 Å². The molecule has 0 aliphatic rings. The fourth-order valence-corrected chi connectivity index (χ4v) is 1.21. The molecule has 3 nitrogen and oxygen atoms in total. The van der Waals surface area contributed by atoms with Crippen LogP contribution in [0.4, 0.5) is 0 Å². The third kappa shape index (κ3) is 3.03. The van der Waals surface area contributed by atoms with Crippen molar-refractivity contribution in [3.05, 3.63) is 29.3 Å². The van der Waals surface area contributed by atoms with Crippen LogP contribution in [0.3, 0.4) is 0 Å². The van der Waals surface area contributed by atoms with E-state index in [1.807, 2.05) is 0 Å². The van der Waals surface area contributed by atoms with Crippen LogP contribution in [0, 0.1) is 11.8 Å². The van der Waals surface area contributed by atoms with E-state index in [4.69, 9.17) is 9.84 Å². The highest BCUT2D eigenvalue weighted by Gasteiger charge is 2.06. The van der Waals surface area contributed by atoms with Crippen LogP contribution in [-0.2, 0) is 0 Å². The highest BCUT2D eigenvalue weighted by molar-refractivity contribution is 5.88. The topological polar surface area (TPSA) is 46.5 Å². The van der Waals surface area contributed by atoms with E-state index >= 15 is 0 Å². The number of ether oxygens (including phenoxy) is 1. The Labute approximate surface area is 95.1 Å². The fraction of sp³-hybridized carbons (Fsp3) is 0.308. The SMILES string of the molecule is CCCC#Cc1ccc(C(=O)O)cc1OC. The van der Waals surface area contributed by atoms with Gasteiger partial charge in [0.25, 0.3) is 0 Å². The molecule has 3 heteroatoms. The maximum atomic E-state index is 10.7. The van der Waals surface area contributed by atoms with Crippen LogP contribution in [0.5, 0.6) is 5.75 Å². The minimum atomic E-state index is -0.966. The second kappa shape index (κ2) is 5.82. The second-order valence-corrected chi connectivity index (χ2v) is 3.27. The summed E-state index contributed by atoms with van der Waals surface area (Å²) >= 11 is 0. The molecule has 0 saturated heterocycles. The molecule has 0 heterocycles. The van der Waals surface area contributed by atoms with Gasteiger partial charge in [0.05, 0.1) is 18.2 Å². The average Bonchev–Trinajstić information content (AvgIpc) is 2.29. The molecule has 1 rings (SSSR count). The van der Waals surface area contributed by atoms with Gasteiger partial charge in [-0.1, -0.05) is 18.8 Å². The Hall–Kier alpha value is -1.95. The van der Waals surface area contributed by atoms with E-state index in [0.717, 1.165) is 18.4 Å². The first-order valence-electron chi connectivity index (χ1n) is 5.09. The quantitative estimate of drug-likeness (QED) is 0.793. The lowest BCUT2D eigenvalue weighted by Crippen LogP contribution is -1.98. The molecular formula is C13H14O3. The van der Waals surface area contributed by atoms with Crippen molar-refractivity contribution in [2.75, 3.05) is 7.11 Å². The highest BCUT2D eigenvalue weighted by Crippen LogP contribution is 2.19. The van der Waals surface area contributed by atoms with Gasteiger partial charge in [-0.15, -0.1) is 0 Å². The summed E-state index contributed by atoms with van der Waals surface area (Å²) in [5.74, 6) is 5.50. The van der Waals surface area contributed by atoms with Gasteiger partial charge < -0.3 is 9.84 Å². The van der Waals surface area contributed by atoms with Gasteiger partial charge in [-0.05, 0) is 24.6 Å². The predicted molar refractivity (Wildman–Crippen MR) is 61.7 cm³/mol. The minimum Gasteiger partial charge on any atom is -0.495 e. The Bertz CT molecular complexity index is 438. The van der Waals surface area contributed by atoms with Crippen LogP contribution in [0.2, 0.25) is 0 Å². The van der Waals surface area contributed by atoms with Gasteiger partial charge in [-0.2, -0.15) is 0 Å². The zero-order chi connectivity index (χ0) is 12.0. The van der Waals surface area contributed by atoms with Crippen LogP contribution in [0.15, 0.2) is 18.2 Å². The van der Waals surface area contributed by atoms with E-state index in [9.17, 15) is 4.79 Å². The molecule has 0 bridgehead atoms. The first-order valence-corrected chi connectivity index (χ1v) is 5.09. The van der Waals surface area contributed by atoms with Gasteiger partial charge in [-0.3, -0.25) is 0 Å². The number of methoxy groups -OCH3 is 1. The molecule has 0 aliphatic carbocycles. The van der Waals surface area contributed by atoms with Crippen LogP contribution >= 0.6 is 0 Å². The minimum absolute atomic E-state index is 0.206. The Balaban J connectivity index is 3.03. The fourth-order valence-electron chi connectivity index (χ4n) is 1.21. The number of benzene rings is 1. The summed E-state index contributed by atoms with van der Waals surface area (Å²) in [5, 5.41) is 8.82. The zero-order valence-electron chi connectivity index (χ0n) is 9.41. The van der Waals surface area contributed by atoms with Crippen molar-refractivity contribution in [2.24, 2.45) is 0 Å². The molecule has 16 heavy (non-hydrogen) atoms. The molecule has 0 spiro atoms. The van der Waals surface area contributed by atoms with E-state index in [1.54, 1.807) is 6.07 Å². The molecule has 0 fully saturated rings. The lowest BCUT2D eigenvalue weighted by molar-refractivity contribution is 0.0696. The molecule has 1 N–H and O–H groups in total. The number of unbranched alkanes of at least 4 members (excludes halogenated alkanes) is 1. The van der Waals surface area contributed by atoms with Gasteiger partial charge in [0.1, 0.15) is 5.75 Å². The second-order valence-electron chi connectivity index (χ2n) is 3.27. The summed E-state index contributed by atoms with van der Waals surface area (Å²) in [7, 11) is 1.51. The molecule has 0 unspecified atom stereocenters. The van der Waals surface area contributed by atoms with E-state index < -0.39 is 5.97 Å². The molecule has 0 saturated carbocycles. The zero-order valence-corrected chi connectivity index (χ0v) is 9.41. The Kier molecular flexibility index (Phi) is 4.41. The van der Waals surface area contributed by atoms with Crippen LogP contribution in [-0.4, -0.2) is 18.2 Å². The molecule has 0 amide bonds. The monoisotopic (exact) mass is 218 g/mol. The summed E-state index contributed by atoms with van der Waals surface area (Å²) in [6, 6.07) is 4.68. The van der Waals surface area contributed by atoms with E-state index in [0.29, 0.717) is 5.75 Å². The summed E-state index contributed by atoms with van der Waals surface area (Å²) in [4.78, 5) is 10.7. The molecule has 0 radical (unpaired) electrons. The van der Waals surface area contributed by atoms with Gasteiger partial charge in [-0.25, -0.2) is 4.79 Å². The molecule has 1 aromatic rings. The van der Waals surface area contributed by atoms with Crippen molar-refractivity contribution in [1.29, 1.82) is 0 Å². The maximum Gasteiger partial charge on any atom is 0.335 e. The first-order chi connectivity index (χ1) is 7.69. The van der Waals surface area contributed by atoms with Crippen molar-refractivity contribution in [2.45, 2.75) is 19.8 Å². The largest absolute Gasteiger partial charge is 0.495 e. The first kappa shape index (κ1) is 12.1. The number of carboxylic acids is 1. The Morgan fingerprint density at radius 1 is 1.50 bits per heavy atom. The number of carbonyl (C=O) groups is 1. The summed E-state index contributed by atoms with van der Waals surface area (Å²) < 4.78 is 5.10. The molecule has 84 valence electrons. The van der Waals surface area contributed by atoms with Crippen LogP contribution < -0.4 is 4.74 Å². The lowest BCUT2D eigenvalue weighted by atomic mass is 10.1. The summed E-state index contributed by atoms with van der Waals surface area (Å²) in [5.41, 5.74) is 0.929. The number of rotatable bonds is 3. The molecule has 1 aromatic carbocycles. The van der Waals surface area contributed by atoms with Crippen molar-refractivity contribution < 1.29 is 14.6 Å². The van der Waals surface area contributed by atoms with Crippen molar-refractivity contribution >= 4 is 5.97 Å². The predicted octanol–water partition coefficient (Wildman–Crippen LogP) is 2.55. The van der Waals surface area contributed by atoms with Crippen LogP contribution in [0.1, 0.15) is 35.7 Å². The maximum absolute atomic E-state index is 10.7. The van der Waals surface area contributed by atoms with Gasteiger partial charge in [0.15, 0.2) is 0 Å². The average molecular weight is 218 g/mol. The molecule has 0 aromatic heterocycles. The lowest BCUT2D eigenvalue weighted by Gasteiger charge is -2.04. The third-order valence-electron chi connectivity index (χ3n) is 2.05. The molecule has 0 atom stereocenters. The Morgan fingerprint density at radius 2 is 2.25 bits per heavy atom. The van der Waals surface area contributed by atoms with E-state index in [2.05, 4.69) is 18.8 Å². The third-order valence-corrected chi connectivity index (χ3v) is 2.05. The number of carboxylic acid groups (broad SMARTS) is 1. The number of aromatic carboxylic acids is 1. The van der Waals surface area contributed by atoms with E-state index in [1.165, 1.54) is 19.2 Å². The van der Waals surface area contributed by atoms with Gasteiger partial charge in [0.2, 0.25) is 0 Å². The van der Waals surface area contributed by atoms with Crippen molar-refractivity contribution in [3.63, 3.8) is 0 Å². The summed E-state index contributed by atoms with van der Waals surface area (Å²) in [6.45, 7) is 2.05. The Morgan fingerprint density at radius 3 is 2.81 bits per heavy atom. The van der Waals surface area contributed by atoms with Crippen molar-refractivity contribution in [1.82, 2.24) is 0 Å². The number of hydrogen-bond donors (Lipinski definition) is 1. The van der Waals surface area contributed by atoms with Crippen LogP contribution in [0.25, 0.3) is 0 Å². The van der Waals surface area contributed by atoms with E-state index in [-0.39, 0.29) is 5.56 Å². The van der Waals surface area contributed by atoms with Crippen molar-refractivity contribution in [3.8, 4) is 17.6 Å². The standard InChI is InChI=1S/C13H14O3/c1-3-4-5-6-10-7-8-11(13(14)15)9-12(10)16-2/h7-9H,3-4H2,1-2H3,(H,14,15). The highest BCUT2D eigenvalue weighted by atomic mass is 16.5. The molecule has 0 aliphatic heterocycles. The molecular weight excluding hydrogens is 204 g/mol.